The third-order valence-corrected chi connectivity index (χ3v) is 5.35. The third kappa shape index (κ3) is 2.70. The van der Waals surface area contributed by atoms with E-state index in [1.807, 2.05) is 7.05 Å². The molecule has 1 fully saturated rings. The van der Waals surface area contributed by atoms with Crippen LogP contribution < -0.4 is 10.2 Å². The maximum atomic E-state index is 14.7. The number of hydrogen-bond acceptors (Lipinski definition) is 5. The van der Waals surface area contributed by atoms with Crippen molar-refractivity contribution < 1.29 is 22.9 Å². The van der Waals surface area contributed by atoms with Crippen LogP contribution in [0.25, 0.3) is 0 Å². The number of anilines is 2. The van der Waals surface area contributed by atoms with E-state index >= 15 is 0 Å². The van der Waals surface area contributed by atoms with Gasteiger partial charge in [-0.3, -0.25) is 0 Å². The minimum Gasteiger partial charge on any atom is -0.477 e. The molecule has 3 rings (SSSR count). The van der Waals surface area contributed by atoms with Gasteiger partial charge in [-0.2, -0.15) is 0 Å². The molecule has 2 heterocycles. The van der Waals surface area contributed by atoms with Gasteiger partial charge in [-0.05, 0) is 13.1 Å². The molecule has 124 valence electrons. The number of halogens is 2. The Bertz CT molecular complexity index is 730. The number of carbonyl (C=O) groups is 1. The molecule has 1 atom stereocenters. The van der Waals surface area contributed by atoms with Gasteiger partial charge in [0.25, 0.3) is 0 Å². The van der Waals surface area contributed by atoms with E-state index in [0.717, 1.165) is 12.3 Å². The van der Waals surface area contributed by atoms with E-state index in [9.17, 15) is 17.8 Å². The Morgan fingerprint density at radius 1 is 1.30 bits per heavy atom. The fourth-order valence-electron chi connectivity index (χ4n) is 2.64. The Morgan fingerprint density at radius 3 is 2.57 bits per heavy atom. The van der Waals surface area contributed by atoms with Gasteiger partial charge >= 0.3 is 5.97 Å². The van der Waals surface area contributed by atoms with Gasteiger partial charge in [0, 0.05) is 32.4 Å². The molecule has 0 radical (unpaired) electrons. The summed E-state index contributed by atoms with van der Waals surface area (Å²) in [6, 6.07) is 0.950. The first-order valence-corrected chi connectivity index (χ1v) is 8.12. The summed E-state index contributed by atoms with van der Waals surface area (Å²) in [6.45, 7) is 2.31. The van der Waals surface area contributed by atoms with Crippen molar-refractivity contribution in [2.24, 2.45) is 0 Å². The van der Waals surface area contributed by atoms with Crippen LogP contribution in [0.15, 0.2) is 22.1 Å². The highest BCUT2D eigenvalue weighted by molar-refractivity contribution is 7.90. The second-order valence-electron chi connectivity index (χ2n) is 5.41. The van der Waals surface area contributed by atoms with Gasteiger partial charge in [0.2, 0.25) is 0 Å². The molecule has 2 aliphatic rings. The average Bonchev–Trinajstić information content (AvgIpc) is 2.50. The molecule has 1 aromatic rings. The predicted octanol–water partition coefficient (Wildman–Crippen LogP) is 1.18. The molecule has 0 amide bonds. The van der Waals surface area contributed by atoms with Crippen LogP contribution in [0, 0.1) is 11.6 Å². The van der Waals surface area contributed by atoms with E-state index in [1.165, 1.54) is 0 Å². The standard InChI is InChI=1S/C14H15F2N3O3S/c1-18-2-4-19(5-3-18)13-8(15)6-9-12(11(13)16)17-7-10(14(20)21)23(9)22/h6-7,17H,2-5H2,1H3,(H,20,21). The van der Waals surface area contributed by atoms with Gasteiger partial charge in [-0.1, -0.05) is 0 Å². The number of piperazine rings is 1. The number of hydrogen-bond donors (Lipinski definition) is 2. The summed E-state index contributed by atoms with van der Waals surface area (Å²) in [5.41, 5.74) is -0.308. The molecule has 1 unspecified atom stereocenters. The lowest BCUT2D eigenvalue weighted by Crippen LogP contribution is -2.45. The average molecular weight is 343 g/mol. The lowest BCUT2D eigenvalue weighted by Gasteiger charge is -2.35. The molecular weight excluding hydrogens is 328 g/mol. The first-order chi connectivity index (χ1) is 10.9. The van der Waals surface area contributed by atoms with E-state index in [0.29, 0.717) is 26.2 Å². The highest BCUT2D eigenvalue weighted by atomic mass is 32.2. The quantitative estimate of drug-likeness (QED) is 0.840. The van der Waals surface area contributed by atoms with Crippen molar-refractivity contribution in [1.29, 1.82) is 0 Å². The second kappa shape index (κ2) is 5.89. The van der Waals surface area contributed by atoms with Crippen molar-refractivity contribution in [2.45, 2.75) is 4.90 Å². The first-order valence-electron chi connectivity index (χ1n) is 6.97. The zero-order valence-electron chi connectivity index (χ0n) is 12.3. The SMILES string of the molecule is CN1CCN(c2c(F)cc3c(c2F)NC=C(C(=O)O)S3=O)CC1. The molecule has 2 aliphatic heterocycles. The zero-order chi connectivity index (χ0) is 16.7. The van der Waals surface area contributed by atoms with Crippen LogP contribution in [0.2, 0.25) is 0 Å². The third-order valence-electron chi connectivity index (χ3n) is 3.94. The van der Waals surface area contributed by atoms with Crippen molar-refractivity contribution in [3.63, 3.8) is 0 Å². The van der Waals surface area contributed by atoms with Crippen LogP contribution in [-0.4, -0.2) is 53.4 Å². The number of nitrogens with one attached hydrogen (secondary N) is 1. The summed E-state index contributed by atoms with van der Waals surface area (Å²) < 4.78 is 41.3. The van der Waals surface area contributed by atoms with E-state index < -0.39 is 33.3 Å². The maximum absolute atomic E-state index is 14.7. The van der Waals surface area contributed by atoms with Gasteiger partial charge in [0.1, 0.15) is 10.6 Å². The summed E-state index contributed by atoms with van der Waals surface area (Å²) in [4.78, 5) is 14.0. The van der Waals surface area contributed by atoms with Crippen molar-refractivity contribution in [3.8, 4) is 0 Å². The lowest BCUT2D eigenvalue weighted by molar-refractivity contribution is -0.131. The predicted molar refractivity (Wildman–Crippen MR) is 81.8 cm³/mol. The molecule has 9 heteroatoms. The van der Waals surface area contributed by atoms with Crippen LogP contribution >= 0.6 is 0 Å². The van der Waals surface area contributed by atoms with Crippen molar-refractivity contribution in [3.05, 3.63) is 28.8 Å². The van der Waals surface area contributed by atoms with E-state index in [-0.39, 0.29) is 16.3 Å². The largest absolute Gasteiger partial charge is 0.477 e. The van der Waals surface area contributed by atoms with E-state index in [1.54, 1.807) is 4.90 Å². The Balaban J connectivity index is 2.02. The number of benzene rings is 1. The maximum Gasteiger partial charge on any atom is 0.346 e. The van der Waals surface area contributed by atoms with Crippen LogP contribution in [0.3, 0.4) is 0 Å². The first kappa shape index (κ1) is 15.9. The molecule has 2 N–H and O–H groups in total. The number of fused-ring (bicyclic) bond motifs is 1. The molecule has 0 aromatic heterocycles. The summed E-state index contributed by atoms with van der Waals surface area (Å²) in [6.07, 6.45) is 0.982. The fraction of sp³-hybridized carbons (Fsp3) is 0.357. The van der Waals surface area contributed by atoms with Gasteiger partial charge in [-0.25, -0.2) is 17.8 Å². The smallest absolute Gasteiger partial charge is 0.346 e. The lowest BCUT2D eigenvalue weighted by atomic mass is 10.2. The minimum atomic E-state index is -2.13. The zero-order valence-corrected chi connectivity index (χ0v) is 13.1. The summed E-state index contributed by atoms with van der Waals surface area (Å²) in [5.74, 6) is -3.09. The monoisotopic (exact) mass is 343 g/mol. The normalized spacial score (nSPS) is 21.4. The highest BCUT2D eigenvalue weighted by Gasteiger charge is 2.31. The molecule has 23 heavy (non-hydrogen) atoms. The molecular formula is C14H15F2N3O3S. The van der Waals surface area contributed by atoms with Gasteiger partial charge in [-0.15, -0.1) is 0 Å². The number of carboxylic acids is 1. The Labute approximate surface area is 133 Å². The van der Waals surface area contributed by atoms with Crippen LogP contribution in [0.1, 0.15) is 0 Å². The molecule has 0 spiro atoms. The van der Waals surface area contributed by atoms with Gasteiger partial charge in [0.15, 0.2) is 11.6 Å². The number of carboxylic acid groups (broad SMARTS) is 1. The molecule has 0 bridgehead atoms. The van der Waals surface area contributed by atoms with Crippen molar-refractivity contribution in [2.75, 3.05) is 43.4 Å². The molecule has 0 saturated carbocycles. The summed E-state index contributed by atoms with van der Waals surface area (Å²) in [7, 11) is -0.200. The number of aliphatic carboxylic acids is 1. The Kier molecular flexibility index (Phi) is 4.07. The van der Waals surface area contributed by atoms with Crippen molar-refractivity contribution in [1.82, 2.24) is 4.90 Å². The molecule has 1 aromatic carbocycles. The topological polar surface area (TPSA) is 72.9 Å². The van der Waals surface area contributed by atoms with Gasteiger partial charge in [0.05, 0.1) is 21.4 Å². The van der Waals surface area contributed by atoms with E-state index in [2.05, 4.69) is 10.2 Å². The van der Waals surface area contributed by atoms with Crippen LogP contribution in [0.4, 0.5) is 20.2 Å². The number of nitrogens with zero attached hydrogens (tertiary/aromatic N) is 2. The summed E-state index contributed by atoms with van der Waals surface area (Å²) in [5, 5.41) is 11.4. The molecule has 0 aliphatic carbocycles. The fourth-order valence-corrected chi connectivity index (χ4v) is 3.74. The van der Waals surface area contributed by atoms with Crippen molar-refractivity contribution >= 4 is 28.1 Å². The number of likely N-dealkylation sites (N-methyl/N-ethyl adjacent to an activating group) is 1. The Hall–Kier alpha value is -2.00. The van der Waals surface area contributed by atoms with Crippen LogP contribution in [0.5, 0.6) is 0 Å². The molecule has 6 nitrogen and oxygen atoms in total. The van der Waals surface area contributed by atoms with Crippen LogP contribution in [-0.2, 0) is 15.6 Å². The second-order valence-corrected chi connectivity index (χ2v) is 6.83. The highest BCUT2D eigenvalue weighted by Crippen LogP contribution is 2.38. The Morgan fingerprint density at radius 2 is 1.96 bits per heavy atom. The summed E-state index contributed by atoms with van der Waals surface area (Å²) >= 11 is 0. The van der Waals surface area contributed by atoms with Gasteiger partial charge < -0.3 is 20.2 Å². The minimum absolute atomic E-state index is 0.135. The molecule has 1 saturated heterocycles. The van der Waals surface area contributed by atoms with E-state index in [4.69, 9.17) is 5.11 Å². The number of rotatable bonds is 2.